The lowest BCUT2D eigenvalue weighted by atomic mass is 9.86. The lowest BCUT2D eigenvalue weighted by Crippen LogP contribution is -2.25. The molecule has 0 saturated heterocycles. The summed E-state index contributed by atoms with van der Waals surface area (Å²) in [6.45, 7) is 0.306. The first-order valence-electron chi connectivity index (χ1n) is 4.63. The van der Waals surface area contributed by atoms with Crippen molar-refractivity contribution in [2.75, 3.05) is 6.61 Å². The summed E-state index contributed by atoms with van der Waals surface area (Å²) in [6.07, 6.45) is 4.82. The summed E-state index contributed by atoms with van der Waals surface area (Å²) in [5, 5.41) is 9.47. The van der Waals surface area contributed by atoms with Gasteiger partial charge >= 0.3 is 0 Å². The highest BCUT2D eigenvalue weighted by Gasteiger charge is 2.36. The van der Waals surface area contributed by atoms with Gasteiger partial charge < -0.3 is 5.11 Å². The van der Waals surface area contributed by atoms with Crippen molar-refractivity contribution in [2.24, 2.45) is 0 Å². The topological polar surface area (TPSA) is 20.2 Å². The van der Waals surface area contributed by atoms with Crippen LogP contribution in [0.25, 0.3) is 0 Å². The molecule has 72 valence electrons. The second-order valence-corrected chi connectivity index (χ2v) is 6.21. The lowest BCUT2D eigenvalue weighted by molar-refractivity contribution is 0.198. The third kappa shape index (κ3) is 1.69. The van der Waals surface area contributed by atoms with Gasteiger partial charge in [-0.1, -0.05) is 12.8 Å². The normalized spacial score (nSPS) is 20.8. The molecule has 0 aromatic carbocycles. The Bertz CT molecular complexity index is 289. The smallest absolute Gasteiger partial charge is 0.0701 e. The Morgan fingerprint density at radius 2 is 2.08 bits per heavy atom. The van der Waals surface area contributed by atoms with Crippen molar-refractivity contribution in [2.45, 2.75) is 31.1 Å². The van der Waals surface area contributed by atoms with Crippen LogP contribution in [-0.2, 0) is 5.41 Å². The third-order valence-electron chi connectivity index (χ3n) is 2.96. The van der Waals surface area contributed by atoms with Crippen molar-refractivity contribution in [3.63, 3.8) is 0 Å². The van der Waals surface area contributed by atoms with Gasteiger partial charge in [0.15, 0.2) is 0 Å². The lowest BCUT2D eigenvalue weighted by Gasteiger charge is -2.24. The fourth-order valence-electron chi connectivity index (χ4n) is 2.13. The van der Waals surface area contributed by atoms with E-state index in [1.165, 1.54) is 21.5 Å². The highest BCUT2D eigenvalue weighted by Crippen LogP contribution is 2.44. The Morgan fingerprint density at radius 3 is 2.54 bits per heavy atom. The highest BCUT2D eigenvalue weighted by molar-refractivity contribution is 9.11. The van der Waals surface area contributed by atoms with Gasteiger partial charge in [0.1, 0.15) is 0 Å². The van der Waals surface area contributed by atoms with Gasteiger partial charge in [-0.2, -0.15) is 0 Å². The fourth-order valence-corrected chi connectivity index (χ4v) is 3.76. The van der Waals surface area contributed by atoms with Crippen LogP contribution in [0.3, 0.4) is 0 Å². The Morgan fingerprint density at radius 1 is 1.38 bits per heavy atom. The van der Waals surface area contributed by atoms with Crippen LogP contribution in [0.2, 0.25) is 0 Å². The molecule has 0 amide bonds. The highest BCUT2D eigenvalue weighted by atomic mass is 79.9. The minimum atomic E-state index is 0.0939. The first-order valence-corrected chi connectivity index (χ1v) is 6.24. The first-order chi connectivity index (χ1) is 6.27. The van der Waals surface area contributed by atoms with E-state index in [9.17, 15) is 5.11 Å². The number of rotatable bonds is 2. The third-order valence-corrected chi connectivity index (χ3v) is 4.83. The molecule has 0 atom stereocenters. The van der Waals surface area contributed by atoms with Crippen molar-refractivity contribution in [3.8, 4) is 0 Å². The summed E-state index contributed by atoms with van der Waals surface area (Å²) < 4.78 is 1.17. The van der Waals surface area contributed by atoms with Crippen molar-refractivity contribution in [1.29, 1.82) is 0 Å². The van der Waals surface area contributed by atoms with Crippen LogP contribution in [0.15, 0.2) is 15.9 Å². The summed E-state index contributed by atoms with van der Waals surface area (Å²) >= 11 is 5.23. The number of thiophene rings is 1. The zero-order valence-corrected chi connectivity index (χ0v) is 9.83. The van der Waals surface area contributed by atoms with E-state index in [0.717, 1.165) is 12.8 Å². The number of halogens is 1. The molecule has 1 nitrogen and oxygen atoms in total. The number of hydrogen-bond acceptors (Lipinski definition) is 2. The molecule has 1 aromatic rings. The fraction of sp³-hybridized carbons (Fsp3) is 0.600. The van der Waals surface area contributed by atoms with Gasteiger partial charge in [0.25, 0.3) is 0 Å². The molecule has 1 aliphatic rings. The van der Waals surface area contributed by atoms with Crippen LogP contribution < -0.4 is 0 Å². The zero-order chi connectivity index (χ0) is 9.31. The van der Waals surface area contributed by atoms with Gasteiger partial charge in [-0.05, 0) is 40.9 Å². The number of aliphatic hydroxyl groups is 1. The summed E-state index contributed by atoms with van der Waals surface area (Å²) in [5.74, 6) is 0. The zero-order valence-electron chi connectivity index (χ0n) is 7.42. The summed E-state index contributed by atoms with van der Waals surface area (Å²) in [5.41, 5.74) is 0.0939. The molecule has 1 aromatic heterocycles. The molecule has 0 aliphatic heterocycles. The van der Waals surface area contributed by atoms with Crippen LogP contribution in [0.1, 0.15) is 30.6 Å². The molecule has 0 bridgehead atoms. The largest absolute Gasteiger partial charge is 0.395 e. The second kappa shape index (κ2) is 3.71. The van der Waals surface area contributed by atoms with Gasteiger partial charge in [-0.25, -0.2) is 0 Å². The van der Waals surface area contributed by atoms with Crippen molar-refractivity contribution < 1.29 is 5.11 Å². The molecular formula is C10H13BrOS. The Labute approximate surface area is 90.9 Å². The van der Waals surface area contributed by atoms with Crippen molar-refractivity contribution in [3.05, 3.63) is 20.8 Å². The molecule has 13 heavy (non-hydrogen) atoms. The van der Waals surface area contributed by atoms with E-state index in [1.54, 1.807) is 11.3 Å². The van der Waals surface area contributed by atoms with Gasteiger partial charge in [0.05, 0.1) is 10.4 Å². The minimum Gasteiger partial charge on any atom is -0.395 e. The molecular weight excluding hydrogens is 248 g/mol. The molecule has 1 aliphatic carbocycles. The van der Waals surface area contributed by atoms with E-state index in [2.05, 4.69) is 28.1 Å². The SMILES string of the molecule is OCC1(c2ccc(Br)s2)CCCC1. The predicted octanol–water partition coefficient (Wildman–Crippen LogP) is 3.31. The molecule has 0 radical (unpaired) electrons. The molecule has 3 heteroatoms. The molecule has 0 spiro atoms. The van der Waals surface area contributed by atoms with Gasteiger partial charge in [-0.3, -0.25) is 0 Å². The van der Waals surface area contributed by atoms with E-state index in [-0.39, 0.29) is 5.41 Å². The molecule has 1 saturated carbocycles. The number of hydrogen-bond donors (Lipinski definition) is 1. The van der Waals surface area contributed by atoms with Crippen LogP contribution in [0.4, 0.5) is 0 Å². The van der Waals surface area contributed by atoms with Gasteiger partial charge in [0.2, 0.25) is 0 Å². The van der Waals surface area contributed by atoms with Crippen LogP contribution in [0, 0.1) is 0 Å². The standard InChI is InChI=1S/C10H13BrOS/c11-9-4-3-8(13-9)10(7-12)5-1-2-6-10/h3-4,12H,1-2,5-7H2. The quantitative estimate of drug-likeness (QED) is 0.865. The van der Waals surface area contributed by atoms with E-state index < -0.39 is 0 Å². The van der Waals surface area contributed by atoms with Crippen LogP contribution in [-0.4, -0.2) is 11.7 Å². The Kier molecular flexibility index (Phi) is 2.77. The summed E-state index contributed by atoms with van der Waals surface area (Å²) in [4.78, 5) is 1.35. The van der Waals surface area contributed by atoms with Crippen molar-refractivity contribution in [1.82, 2.24) is 0 Å². The van der Waals surface area contributed by atoms with E-state index >= 15 is 0 Å². The maximum absolute atomic E-state index is 9.47. The van der Waals surface area contributed by atoms with E-state index in [4.69, 9.17) is 0 Å². The van der Waals surface area contributed by atoms with Crippen LogP contribution >= 0.6 is 27.3 Å². The summed E-state index contributed by atoms with van der Waals surface area (Å²) in [7, 11) is 0. The average Bonchev–Trinajstić information content (AvgIpc) is 2.73. The summed E-state index contributed by atoms with van der Waals surface area (Å²) in [6, 6.07) is 4.23. The maximum Gasteiger partial charge on any atom is 0.0701 e. The monoisotopic (exact) mass is 260 g/mol. The van der Waals surface area contributed by atoms with E-state index in [1.807, 2.05) is 0 Å². The molecule has 0 unspecified atom stereocenters. The van der Waals surface area contributed by atoms with Crippen LogP contribution in [0.5, 0.6) is 0 Å². The average molecular weight is 261 g/mol. The van der Waals surface area contributed by atoms with Crippen molar-refractivity contribution >= 4 is 27.3 Å². The molecule has 2 rings (SSSR count). The van der Waals surface area contributed by atoms with E-state index in [0.29, 0.717) is 6.61 Å². The Hall–Kier alpha value is 0.140. The van der Waals surface area contributed by atoms with Gasteiger partial charge in [-0.15, -0.1) is 11.3 Å². The Balaban J connectivity index is 2.30. The number of aliphatic hydroxyl groups excluding tert-OH is 1. The molecule has 1 N–H and O–H groups in total. The second-order valence-electron chi connectivity index (χ2n) is 3.75. The maximum atomic E-state index is 9.47. The minimum absolute atomic E-state index is 0.0939. The molecule has 1 fully saturated rings. The predicted molar refractivity (Wildman–Crippen MR) is 59.3 cm³/mol. The van der Waals surface area contributed by atoms with Gasteiger partial charge in [0, 0.05) is 10.3 Å². The first kappa shape index (κ1) is 9.69. The molecule has 1 heterocycles.